The molecule has 1 N–H and O–H groups in total. The van der Waals surface area contributed by atoms with Crippen LogP contribution in [-0.2, 0) is 14.6 Å². The standard InChI is InChI=1S/C23H23NO6S/c1-3-4-15-29-23(26)17-7-9-18(10-8-17)24-22(25)20-13-14-21(30-20)31(27,28)19-11-5-16(2)6-12-19/h5-14H,3-4,15H2,1-2H3,(H,24,25). The average molecular weight is 442 g/mol. The molecule has 1 heterocycles. The van der Waals surface area contributed by atoms with E-state index in [2.05, 4.69) is 5.32 Å². The van der Waals surface area contributed by atoms with E-state index in [1.165, 1.54) is 24.3 Å². The van der Waals surface area contributed by atoms with Gasteiger partial charge in [-0.05, 0) is 61.9 Å². The average Bonchev–Trinajstić information content (AvgIpc) is 3.26. The Kier molecular flexibility index (Phi) is 6.91. The first-order valence-electron chi connectivity index (χ1n) is 9.81. The highest BCUT2D eigenvalue weighted by Crippen LogP contribution is 2.24. The second kappa shape index (κ2) is 9.61. The number of carbonyl (C=O) groups is 2. The molecule has 1 aromatic heterocycles. The molecule has 1 amide bonds. The molecular weight excluding hydrogens is 418 g/mol. The number of aryl methyl sites for hydroxylation is 1. The summed E-state index contributed by atoms with van der Waals surface area (Å²) in [6.45, 7) is 4.22. The van der Waals surface area contributed by atoms with E-state index in [0.717, 1.165) is 18.4 Å². The maximum Gasteiger partial charge on any atom is 0.338 e. The number of sulfone groups is 1. The van der Waals surface area contributed by atoms with Crippen molar-refractivity contribution in [3.05, 3.63) is 77.6 Å². The number of furan rings is 1. The zero-order valence-corrected chi connectivity index (χ0v) is 18.1. The van der Waals surface area contributed by atoms with Crippen LogP contribution in [0.2, 0.25) is 0 Å². The topological polar surface area (TPSA) is 103 Å². The van der Waals surface area contributed by atoms with E-state index in [0.29, 0.717) is 17.9 Å². The molecule has 3 aromatic rings. The molecule has 0 aliphatic rings. The number of amides is 1. The van der Waals surface area contributed by atoms with Gasteiger partial charge in [-0.25, -0.2) is 13.2 Å². The zero-order valence-electron chi connectivity index (χ0n) is 17.3. The van der Waals surface area contributed by atoms with Crippen molar-refractivity contribution in [2.24, 2.45) is 0 Å². The van der Waals surface area contributed by atoms with E-state index in [9.17, 15) is 18.0 Å². The Morgan fingerprint density at radius 1 is 0.968 bits per heavy atom. The number of esters is 1. The van der Waals surface area contributed by atoms with Crippen molar-refractivity contribution in [2.45, 2.75) is 36.7 Å². The molecule has 0 atom stereocenters. The molecule has 2 aromatic carbocycles. The van der Waals surface area contributed by atoms with Crippen LogP contribution in [-0.4, -0.2) is 26.9 Å². The van der Waals surface area contributed by atoms with Crippen LogP contribution in [0.1, 0.15) is 46.2 Å². The first-order chi connectivity index (χ1) is 14.8. The molecule has 7 nitrogen and oxygen atoms in total. The van der Waals surface area contributed by atoms with Crippen molar-refractivity contribution in [3.8, 4) is 0 Å². The molecule has 162 valence electrons. The third-order valence-electron chi connectivity index (χ3n) is 4.51. The van der Waals surface area contributed by atoms with Crippen LogP contribution in [0.25, 0.3) is 0 Å². The molecule has 31 heavy (non-hydrogen) atoms. The zero-order chi connectivity index (χ0) is 22.4. The van der Waals surface area contributed by atoms with Crippen LogP contribution in [0.4, 0.5) is 5.69 Å². The number of anilines is 1. The molecule has 0 unspecified atom stereocenters. The summed E-state index contributed by atoms with van der Waals surface area (Å²) in [5.74, 6) is -1.18. The van der Waals surface area contributed by atoms with Gasteiger partial charge in [-0.1, -0.05) is 31.0 Å². The minimum absolute atomic E-state index is 0.0841. The van der Waals surface area contributed by atoms with E-state index in [1.807, 2.05) is 13.8 Å². The smallest absolute Gasteiger partial charge is 0.338 e. The van der Waals surface area contributed by atoms with Crippen LogP contribution in [0.15, 0.2) is 75.1 Å². The summed E-state index contributed by atoms with van der Waals surface area (Å²) in [6.07, 6.45) is 1.73. The van der Waals surface area contributed by atoms with Crippen LogP contribution in [0.3, 0.4) is 0 Å². The summed E-state index contributed by atoms with van der Waals surface area (Å²) in [5.41, 5.74) is 1.73. The molecule has 0 fully saturated rings. The van der Waals surface area contributed by atoms with Gasteiger partial charge in [-0.2, -0.15) is 0 Å². The predicted molar refractivity (Wildman–Crippen MR) is 115 cm³/mol. The Bertz CT molecular complexity index is 1160. The van der Waals surface area contributed by atoms with Crippen LogP contribution in [0, 0.1) is 6.92 Å². The number of hydrogen-bond donors (Lipinski definition) is 1. The van der Waals surface area contributed by atoms with E-state index < -0.39 is 21.7 Å². The molecular formula is C23H23NO6S. The fourth-order valence-electron chi connectivity index (χ4n) is 2.70. The summed E-state index contributed by atoms with van der Waals surface area (Å²) in [6, 6.07) is 15.1. The summed E-state index contributed by atoms with van der Waals surface area (Å²) < 4.78 is 35.8. The fourth-order valence-corrected chi connectivity index (χ4v) is 3.87. The van der Waals surface area contributed by atoms with Crippen molar-refractivity contribution < 1.29 is 27.2 Å². The first kappa shape index (κ1) is 22.3. The van der Waals surface area contributed by atoms with E-state index in [1.54, 1.807) is 36.4 Å². The highest BCUT2D eigenvalue weighted by molar-refractivity contribution is 7.91. The van der Waals surface area contributed by atoms with Gasteiger partial charge in [0.05, 0.1) is 17.1 Å². The van der Waals surface area contributed by atoms with Crippen molar-refractivity contribution in [3.63, 3.8) is 0 Å². The number of hydrogen-bond acceptors (Lipinski definition) is 6. The van der Waals surface area contributed by atoms with Crippen LogP contribution in [0.5, 0.6) is 0 Å². The first-order valence-corrected chi connectivity index (χ1v) is 11.3. The lowest BCUT2D eigenvalue weighted by molar-refractivity contribution is 0.0499. The van der Waals surface area contributed by atoms with Gasteiger partial charge >= 0.3 is 5.97 Å². The van der Waals surface area contributed by atoms with Crippen LogP contribution >= 0.6 is 0 Å². The molecule has 0 aliphatic heterocycles. The van der Waals surface area contributed by atoms with Gasteiger partial charge in [0, 0.05) is 5.69 Å². The van der Waals surface area contributed by atoms with E-state index >= 15 is 0 Å². The van der Waals surface area contributed by atoms with Crippen molar-refractivity contribution in [1.29, 1.82) is 0 Å². The Balaban J connectivity index is 1.67. The van der Waals surface area contributed by atoms with Gasteiger partial charge in [-0.15, -0.1) is 0 Å². The Labute approximate surface area is 181 Å². The van der Waals surface area contributed by atoms with Gasteiger partial charge < -0.3 is 14.5 Å². The van der Waals surface area contributed by atoms with Crippen molar-refractivity contribution in [1.82, 2.24) is 0 Å². The van der Waals surface area contributed by atoms with Crippen molar-refractivity contribution in [2.75, 3.05) is 11.9 Å². The summed E-state index contributed by atoms with van der Waals surface area (Å²) in [5, 5.41) is 2.30. The second-order valence-corrected chi connectivity index (χ2v) is 8.84. The van der Waals surface area contributed by atoms with Crippen molar-refractivity contribution >= 4 is 27.4 Å². The number of nitrogens with one attached hydrogen (secondary N) is 1. The lowest BCUT2D eigenvalue weighted by atomic mass is 10.2. The maximum atomic E-state index is 12.7. The summed E-state index contributed by atoms with van der Waals surface area (Å²) in [4.78, 5) is 24.4. The second-order valence-electron chi connectivity index (χ2n) is 6.96. The Hall–Kier alpha value is -3.39. The molecule has 3 rings (SSSR count). The predicted octanol–water partition coefficient (Wildman–Crippen LogP) is 4.63. The lowest BCUT2D eigenvalue weighted by Gasteiger charge is -2.06. The van der Waals surface area contributed by atoms with Gasteiger partial charge in [0.15, 0.2) is 5.76 Å². The summed E-state index contributed by atoms with van der Waals surface area (Å²) >= 11 is 0. The Morgan fingerprint density at radius 3 is 2.29 bits per heavy atom. The summed E-state index contributed by atoms with van der Waals surface area (Å²) in [7, 11) is -3.86. The molecule has 8 heteroatoms. The number of unbranched alkanes of at least 4 members (excludes halogenated alkanes) is 1. The fraction of sp³-hybridized carbons (Fsp3) is 0.217. The van der Waals surface area contributed by atoms with Gasteiger partial charge in [-0.3, -0.25) is 4.79 Å². The molecule has 0 aliphatic carbocycles. The van der Waals surface area contributed by atoms with Crippen LogP contribution < -0.4 is 5.32 Å². The molecule has 0 bridgehead atoms. The lowest BCUT2D eigenvalue weighted by Crippen LogP contribution is -2.11. The highest BCUT2D eigenvalue weighted by Gasteiger charge is 2.23. The molecule has 0 saturated heterocycles. The normalized spacial score (nSPS) is 11.2. The number of rotatable bonds is 8. The highest BCUT2D eigenvalue weighted by atomic mass is 32.2. The minimum atomic E-state index is -3.86. The molecule has 0 spiro atoms. The van der Waals surface area contributed by atoms with Gasteiger partial charge in [0.2, 0.25) is 14.9 Å². The Morgan fingerprint density at radius 2 is 1.65 bits per heavy atom. The largest absolute Gasteiger partial charge is 0.462 e. The molecule has 0 saturated carbocycles. The van der Waals surface area contributed by atoms with E-state index in [4.69, 9.17) is 9.15 Å². The third-order valence-corrected chi connectivity index (χ3v) is 6.15. The SMILES string of the molecule is CCCCOC(=O)c1ccc(NC(=O)c2ccc(S(=O)(=O)c3ccc(C)cc3)o2)cc1. The monoisotopic (exact) mass is 441 g/mol. The quantitative estimate of drug-likeness (QED) is 0.404. The maximum absolute atomic E-state index is 12.7. The number of ether oxygens (including phenoxy) is 1. The minimum Gasteiger partial charge on any atom is -0.462 e. The number of benzene rings is 2. The van der Waals surface area contributed by atoms with Gasteiger partial charge in [0.25, 0.3) is 5.91 Å². The molecule has 0 radical (unpaired) electrons. The van der Waals surface area contributed by atoms with E-state index in [-0.39, 0.29) is 15.7 Å². The van der Waals surface area contributed by atoms with Gasteiger partial charge in [0.1, 0.15) is 0 Å². The number of carbonyl (C=O) groups excluding carboxylic acids is 2. The third kappa shape index (κ3) is 5.40.